The molecule has 1 aliphatic rings. The zero-order valence-electron chi connectivity index (χ0n) is 12.0. The van der Waals surface area contributed by atoms with Crippen molar-refractivity contribution >= 4 is 40.4 Å². The minimum absolute atomic E-state index is 0.0522. The van der Waals surface area contributed by atoms with E-state index in [4.69, 9.17) is 23.8 Å². The van der Waals surface area contributed by atoms with Gasteiger partial charge in [-0.2, -0.15) is 0 Å². The van der Waals surface area contributed by atoms with Crippen LogP contribution in [0.25, 0.3) is 0 Å². The smallest absolute Gasteiger partial charge is 0.256 e. The van der Waals surface area contributed by atoms with Gasteiger partial charge in [0.2, 0.25) is 0 Å². The first-order valence-corrected chi connectivity index (χ1v) is 7.74. The Balaban J connectivity index is 1.89. The van der Waals surface area contributed by atoms with Crippen LogP contribution in [-0.4, -0.2) is 15.9 Å². The van der Waals surface area contributed by atoms with Crippen molar-refractivity contribution in [3.8, 4) is 0 Å². The van der Waals surface area contributed by atoms with Crippen LogP contribution in [0.4, 0.5) is 5.69 Å². The van der Waals surface area contributed by atoms with Crippen LogP contribution in [0.15, 0.2) is 54.6 Å². The molecule has 1 saturated heterocycles. The first-order chi connectivity index (χ1) is 10.5. The molecule has 2 aromatic carbocycles. The molecule has 1 aliphatic heterocycles. The number of halogens is 1. The number of hydrogen-bond donors (Lipinski definition) is 1. The van der Waals surface area contributed by atoms with E-state index in [2.05, 4.69) is 5.43 Å². The molecular weight excluding hydrogens is 316 g/mol. The summed E-state index contributed by atoms with van der Waals surface area (Å²) in [4.78, 5) is 13.5. The Hall–Kier alpha value is -1.91. The van der Waals surface area contributed by atoms with E-state index in [-0.39, 0.29) is 5.91 Å². The molecule has 0 spiro atoms. The van der Waals surface area contributed by atoms with E-state index in [0.717, 1.165) is 11.3 Å². The lowest BCUT2D eigenvalue weighted by Crippen LogP contribution is -2.39. The Kier molecular flexibility index (Phi) is 3.89. The maximum absolute atomic E-state index is 12.9. The lowest BCUT2D eigenvalue weighted by Gasteiger charge is -2.24. The van der Waals surface area contributed by atoms with Crippen LogP contribution in [0.5, 0.6) is 0 Å². The standard InChI is InChI=1S/C17H15ClN2OS/c1-17(12-7-9-13(18)10-8-12)11-15(22)20(16(17)21)19-14-5-3-2-4-6-14/h2-10,19H,11H2,1H3. The Labute approximate surface area is 139 Å². The normalized spacial score (nSPS) is 21.3. The van der Waals surface area contributed by atoms with Crippen LogP contribution < -0.4 is 5.43 Å². The molecule has 0 saturated carbocycles. The van der Waals surface area contributed by atoms with E-state index in [1.54, 1.807) is 12.1 Å². The van der Waals surface area contributed by atoms with Gasteiger partial charge < -0.3 is 0 Å². The summed E-state index contributed by atoms with van der Waals surface area (Å²) in [5, 5.41) is 2.12. The number of benzene rings is 2. The van der Waals surface area contributed by atoms with Gasteiger partial charge >= 0.3 is 0 Å². The summed E-state index contributed by atoms with van der Waals surface area (Å²) in [5.74, 6) is -0.0522. The number of carbonyl (C=O) groups excluding carboxylic acids is 1. The summed E-state index contributed by atoms with van der Waals surface area (Å²) in [6.07, 6.45) is 0.503. The number of amides is 1. The lowest BCUT2D eigenvalue weighted by atomic mass is 9.81. The molecule has 0 aliphatic carbocycles. The van der Waals surface area contributed by atoms with E-state index in [1.165, 1.54) is 5.01 Å². The molecule has 1 N–H and O–H groups in total. The van der Waals surface area contributed by atoms with Crippen molar-refractivity contribution in [1.82, 2.24) is 5.01 Å². The molecule has 1 fully saturated rings. The van der Waals surface area contributed by atoms with E-state index >= 15 is 0 Å². The number of nitrogens with one attached hydrogen (secondary N) is 1. The Morgan fingerprint density at radius 3 is 2.41 bits per heavy atom. The molecule has 3 nitrogen and oxygen atoms in total. The van der Waals surface area contributed by atoms with E-state index in [1.807, 2.05) is 49.4 Å². The van der Waals surface area contributed by atoms with E-state index < -0.39 is 5.41 Å². The molecule has 112 valence electrons. The van der Waals surface area contributed by atoms with Crippen LogP contribution in [0.3, 0.4) is 0 Å². The lowest BCUT2D eigenvalue weighted by molar-refractivity contribution is -0.129. The van der Waals surface area contributed by atoms with Gasteiger partial charge in [0.15, 0.2) is 0 Å². The van der Waals surface area contributed by atoms with Crippen LogP contribution in [-0.2, 0) is 10.2 Å². The molecule has 0 radical (unpaired) electrons. The van der Waals surface area contributed by atoms with Crippen LogP contribution >= 0.6 is 23.8 Å². The van der Waals surface area contributed by atoms with Crippen LogP contribution in [0, 0.1) is 0 Å². The predicted octanol–water partition coefficient (Wildman–Crippen LogP) is 4.18. The average Bonchev–Trinajstić information content (AvgIpc) is 2.73. The Bertz CT molecular complexity index is 717. The third-order valence-corrected chi connectivity index (χ3v) is 4.50. The maximum atomic E-state index is 12.9. The minimum atomic E-state index is -0.663. The van der Waals surface area contributed by atoms with Gasteiger partial charge in [-0.05, 0) is 36.8 Å². The second-order valence-corrected chi connectivity index (χ2v) is 6.44. The fourth-order valence-corrected chi connectivity index (χ4v) is 3.16. The number of para-hydroxylation sites is 1. The Morgan fingerprint density at radius 2 is 1.77 bits per heavy atom. The molecule has 3 rings (SSSR count). The van der Waals surface area contributed by atoms with Gasteiger partial charge in [0.05, 0.1) is 11.1 Å². The number of rotatable bonds is 3. The third-order valence-electron chi connectivity index (χ3n) is 3.93. The summed E-state index contributed by atoms with van der Waals surface area (Å²) in [5.41, 5.74) is 4.18. The molecule has 5 heteroatoms. The monoisotopic (exact) mass is 330 g/mol. The number of nitrogens with zero attached hydrogens (tertiary/aromatic N) is 1. The van der Waals surface area contributed by atoms with Crippen molar-refractivity contribution in [2.75, 3.05) is 5.43 Å². The fraction of sp³-hybridized carbons (Fsp3) is 0.176. The highest BCUT2D eigenvalue weighted by Crippen LogP contribution is 2.37. The zero-order valence-corrected chi connectivity index (χ0v) is 13.6. The first kappa shape index (κ1) is 15.0. The Morgan fingerprint density at radius 1 is 1.14 bits per heavy atom. The van der Waals surface area contributed by atoms with Crippen LogP contribution in [0.1, 0.15) is 18.9 Å². The number of anilines is 1. The molecule has 1 unspecified atom stereocenters. The average molecular weight is 331 g/mol. The second-order valence-electron chi connectivity index (χ2n) is 5.53. The van der Waals surface area contributed by atoms with Crippen molar-refractivity contribution in [3.05, 3.63) is 65.2 Å². The summed E-state index contributed by atoms with van der Waals surface area (Å²) in [6, 6.07) is 16.9. The third kappa shape index (κ3) is 2.60. The van der Waals surface area contributed by atoms with Crippen molar-refractivity contribution in [2.45, 2.75) is 18.8 Å². The largest absolute Gasteiger partial charge is 0.291 e. The molecule has 1 amide bonds. The molecule has 0 bridgehead atoms. The van der Waals surface area contributed by atoms with Crippen molar-refractivity contribution < 1.29 is 4.79 Å². The summed E-state index contributed by atoms with van der Waals surface area (Å²) in [7, 11) is 0. The summed E-state index contributed by atoms with van der Waals surface area (Å²) >= 11 is 11.3. The van der Waals surface area contributed by atoms with Crippen molar-refractivity contribution in [2.24, 2.45) is 0 Å². The fourth-order valence-electron chi connectivity index (χ4n) is 2.62. The molecule has 1 heterocycles. The molecule has 0 aromatic heterocycles. The van der Waals surface area contributed by atoms with E-state index in [0.29, 0.717) is 16.4 Å². The summed E-state index contributed by atoms with van der Waals surface area (Å²) < 4.78 is 0. The highest BCUT2D eigenvalue weighted by molar-refractivity contribution is 7.80. The van der Waals surface area contributed by atoms with Crippen molar-refractivity contribution in [1.29, 1.82) is 0 Å². The SMILES string of the molecule is CC1(c2ccc(Cl)cc2)CC(=S)N(Nc2ccccc2)C1=O. The minimum Gasteiger partial charge on any atom is -0.291 e. The number of carbonyl (C=O) groups is 1. The van der Waals surface area contributed by atoms with Gasteiger partial charge in [-0.25, -0.2) is 5.01 Å². The summed E-state index contributed by atoms with van der Waals surface area (Å²) in [6.45, 7) is 1.91. The van der Waals surface area contributed by atoms with Gasteiger partial charge in [-0.3, -0.25) is 10.2 Å². The van der Waals surface area contributed by atoms with Crippen LogP contribution in [0.2, 0.25) is 5.02 Å². The molecule has 2 aromatic rings. The highest BCUT2D eigenvalue weighted by atomic mass is 35.5. The van der Waals surface area contributed by atoms with Gasteiger partial charge in [-0.15, -0.1) is 0 Å². The number of hydrazine groups is 1. The van der Waals surface area contributed by atoms with E-state index in [9.17, 15) is 4.79 Å². The molecule has 1 atom stereocenters. The zero-order chi connectivity index (χ0) is 15.7. The van der Waals surface area contributed by atoms with Gasteiger partial charge in [0.25, 0.3) is 5.91 Å². The van der Waals surface area contributed by atoms with Gasteiger partial charge in [0.1, 0.15) is 4.99 Å². The quantitative estimate of drug-likeness (QED) is 0.857. The first-order valence-electron chi connectivity index (χ1n) is 6.96. The van der Waals surface area contributed by atoms with Gasteiger partial charge in [0, 0.05) is 11.4 Å². The molecule has 22 heavy (non-hydrogen) atoms. The van der Waals surface area contributed by atoms with Crippen molar-refractivity contribution in [3.63, 3.8) is 0 Å². The number of thiocarbonyl (C=S) groups is 1. The van der Waals surface area contributed by atoms with Gasteiger partial charge in [-0.1, -0.05) is 54.2 Å². The molecular formula is C17H15ClN2OS. The topological polar surface area (TPSA) is 32.3 Å². The second kappa shape index (κ2) is 5.71. The predicted molar refractivity (Wildman–Crippen MR) is 92.9 cm³/mol. The maximum Gasteiger partial charge on any atom is 0.256 e. The number of hydrogen-bond acceptors (Lipinski definition) is 3. The highest BCUT2D eigenvalue weighted by Gasteiger charge is 2.47.